The van der Waals surface area contributed by atoms with Crippen LogP contribution < -0.4 is 5.32 Å². The lowest BCUT2D eigenvalue weighted by Crippen LogP contribution is -2.20. The number of aromatic nitrogens is 2. The largest absolute Gasteiger partial charge is 0.378 e. The van der Waals surface area contributed by atoms with Crippen LogP contribution in [0.1, 0.15) is 35.5 Å². The van der Waals surface area contributed by atoms with Crippen molar-refractivity contribution >= 4 is 16.3 Å². The number of hydrogen-bond acceptors (Lipinski definition) is 4. The summed E-state index contributed by atoms with van der Waals surface area (Å²) in [4.78, 5) is 7.02. The molecule has 0 radical (unpaired) electrons. The Morgan fingerprint density at radius 3 is 3.21 bits per heavy atom. The van der Waals surface area contributed by atoms with E-state index in [-0.39, 0.29) is 0 Å². The molecule has 1 aliphatic rings. The molecule has 2 aromatic heterocycles. The van der Waals surface area contributed by atoms with Gasteiger partial charge in [0.05, 0.1) is 17.5 Å². The lowest BCUT2D eigenvalue weighted by Gasteiger charge is -2.10. The van der Waals surface area contributed by atoms with Gasteiger partial charge < -0.3 is 10.1 Å². The normalized spacial score (nSPS) is 19.6. The average molecular weight is 279 g/mol. The van der Waals surface area contributed by atoms with Crippen LogP contribution in [0.3, 0.4) is 0 Å². The third-order valence-corrected chi connectivity index (χ3v) is 4.60. The van der Waals surface area contributed by atoms with Gasteiger partial charge in [-0.25, -0.2) is 4.98 Å². The summed E-state index contributed by atoms with van der Waals surface area (Å²) in [6.07, 6.45) is 6.21. The van der Waals surface area contributed by atoms with Crippen molar-refractivity contribution in [2.75, 3.05) is 13.2 Å². The summed E-state index contributed by atoms with van der Waals surface area (Å²) in [5, 5.41) is 3.52. The molecule has 4 nitrogen and oxygen atoms in total. The number of thiazole rings is 1. The molecule has 2 aromatic rings. The van der Waals surface area contributed by atoms with Crippen molar-refractivity contribution in [1.82, 2.24) is 14.7 Å². The van der Waals surface area contributed by atoms with Crippen LogP contribution in [0.4, 0.5) is 0 Å². The van der Waals surface area contributed by atoms with Crippen LogP contribution in [0.2, 0.25) is 0 Å². The quantitative estimate of drug-likeness (QED) is 0.855. The second kappa shape index (κ2) is 5.61. The monoisotopic (exact) mass is 279 g/mol. The molecule has 0 saturated carbocycles. The summed E-state index contributed by atoms with van der Waals surface area (Å²) in [5.41, 5.74) is 2.42. The molecular formula is C14H21N3OS. The number of nitrogens with one attached hydrogen (secondary N) is 1. The lowest BCUT2D eigenvalue weighted by atomic mass is 10.2. The zero-order valence-electron chi connectivity index (χ0n) is 11.6. The van der Waals surface area contributed by atoms with E-state index < -0.39 is 0 Å². The third-order valence-electron chi connectivity index (χ3n) is 3.70. The molecule has 0 bridgehead atoms. The first kappa shape index (κ1) is 13.1. The SMILES string of the molecule is Cc1cn2c(CNCCC3CCCO3)c(C)nc2s1. The first-order valence-corrected chi connectivity index (χ1v) is 7.82. The van der Waals surface area contributed by atoms with E-state index in [2.05, 4.69) is 34.7 Å². The summed E-state index contributed by atoms with van der Waals surface area (Å²) < 4.78 is 7.85. The van der Waals surface area contributed by atoms with Gasteiger partial charge in [-0.2, -0.15) is 0 Å². The molecule has 5 heteroatoms. The van der Waals surface area contributed by atoms with E-state index in [1.165, 1.54) is 23.4 Å². The predicted molar refractivity (Wildman–Crippen MR) is 77.8 cm³/mol. The molecule has 3 heterocycles. The molecule has 104 valence electrons. The minimum atomic E-state index is 0.474. The van der Waals surface area contributed by atoms with Crippen molar-refractivity contribution < 1.29 is 4.74 Å². The number of aryl methyl sites for hydroxylation is 2. The van der Waals surface area contributed by atoms with Gasteiger partial charge in [-0.15, -0.1) is 11.3 Å². The highest BCUT2D eigenvalue weighted by Crippen LogP contribution is 2.20. The summed E-state index contributed by atoms with van der Waals surface area (Å²) >= 11 is 1.75. The molecule has 0 amide bonds. The number of nitrogens with zero attached hydrogens (tertiary/aromatic N) is 2. The fraction of sp³-hybridized carbons (Fsp3) is 0.643. The maximum atomic E-state index is 5.63. The molecule has 1 saturated heterocycles. The van der Waals surface area contributed by atoms with Crippen molar-refractivity contribution in [3.8, 4) is 0 Å². The van der Waals surface area contributed by atoms with Crippen molar-refractivity contribution in [3.05, 3.63) is 22.5 Å². The Hall–Kier alpha value is -0.910. The molecule has 1 N–H and O–H groups in total. The Balaban J connectivity index is 1.56. The van der Waals surface area contributed by atoms with Gasteiger partial charge in [-0.1, -0.05) is 0 Å². The number of ether oxygens (including phenoxy) is 1. The Kier molecular flexibility index (Phi) is 3.86. The van der Waals surface area contributed by atoms with Crippen molar-refractivity contribution in [2.45, 2.75) is 45.8 Å². The summed E-state index contributed by atoms with van der Waals surface area (Å²) in [6, 6.07) is 0. The van der Waals surface area contributed by atoms with E-state index in [0.29, 0.717) is 6.10 Å². The Labute approximate surface area is 117 Å². The van der Waals surface area contributed by atoms with Crippen LogP contribution in [0.15, 0.2) is 6.20 Å². The van der Waals surface area contributed by atoms with Gasteiger partial charge in [0.1, 0.15) is 0 Å². The van der Waals surface area contributed by atoms with Gasteiger partial charge in [0.25, 0.3) is 0 Å². The van der Waals surface area contributed by atoms with Gasteiger partial charge in [-0.3, -0.25) is 4.40 Å². The molecule has 1 atom stereocenters. The lowest BCUT2D eigenvalue weighted by molar-refractivity contribution is 0.104. The molecule has 0 aromatic carbocycles. The zero-order valence-corrected chi connectivity index (χ0v) is 12.4. The highest BCUT2D eigenvalue weighted by molar-refractivity contribution is 7.17. The van der Waals surface area contributed by atoms with Crippen molar-refractivity contribution in [2.24, 2.45) is 0 Å². The number of fused-ring (bicyclic) bond motifs is 1. The molecule has 1 unspecified atom stereocenters. The minimum absolute atomic E-state index is 0.474. The van der Waals surface area contributed by atoms with Gasteiger partial charge in [-0.05, 0) is 39.7 Å². The molecule has 1 aliphatic heterocycles. The topological polar surface area (TPSA) is 38.6 Å². The molecular weight excluding hydrogens is 258 g/mol. The maximum Gasteiger partial charge on any atom is 0.194 e. The van der Waals surface area contributed by atoms with Crippen LogP contribution in [0.5, 0.6) is 0 Å². The van der Waals surface area contributed by atoms with Crippen LogP contribution >= 0.6 is 11.3 Å². The molecule has 3 rings (SSSR count). The fourth-order valence-electron chi connectivity index (χ4n) is 2.66. The number of imidazole rings is 1. The van der Waals surface area contributed by atoms with Crippen LogP contribution in [-0.2, 0) is 11.3 Å². The fourth-order valence-corrected chi connectivity index (χ4v) is 3.55. The Morgan fingerprint density at radius 1 is 1.53 bits per heavy atom. The third kappa shape index (κ3) is 2.83. The molecule has 0 spiro atoms. The first-order valence-electron chi connectivity index (χ1n) is 7.00. The van der Waals surface area contributed by atoms with E-state index in [1.54, 1.807) is 11.3 Å². The van der Waals surface area contributed by atoms with E-state index in [1.807, 2.05) is 0 Å². The standard InChI is InChI=1S/C14H21N3OS/c1-10-9-17-13(11(2)16-14(17)19-10)8-15-6-5-12-4-3-7-18-12/h9,12,15H,3-8H2,1-2H3. The second-order valence-electron chi connectivity index (χ2n) is 5.24. The Morgan fingerprint density at radius 2 is 2.42 bits per heavy atom. The van der Waals surface area contributed by atoms with Crippen LogP contribution in [0.25, 0.3) is 4.96 Å². The van der Waals surface area contributed by atoms with Gasteiger partial charge in [0.15, 0.2) is 4.96 Å². The highest BCUT2D eigenvalue weighted by atomic mass is 32.1. The van der Waals surface area contributed by atoms with Gasteiger partial charge in [0.2, 0.25) is 0 Å². The van der Waals surface area contributed by atoms with Crippen LogP contribution in [0, 0.1) is 13.8 Å². The summed E-state index contributed by atoms with van der Waals surface area (Å²) in [5.74, 6) is 0. The molecule has 0 aliphatic carbocycles. The second-order valence-corrected chi connectivity index (χ2v) is 6.45. The predicted octanol–water partition coefficient (Wildman–Crippen LogP) is 2.67. The highest BCUT2D eigenvalue weighted by Gasteiger charge is 2.15. The summed E-state index contributed by atoms with van der Waals surface area (Å²) in [7, 11) is 0. The minimum Gasteiger partial charge on any atom is -0.378 e. The average Bonchev–Trinajstić information content (AvgIpc) is 3.03. The van der Waals surface area contributed by atoms with Crippen molar-refractivity contribution in [3.63, 3.8) is 0 Å². The maximum absolute atomic E-state index is 5.63. The number of rotatable bonds is 5. The summed E-state index contributed by atoms with van der Waals surface area (Å²) in [6.45, 7) is 7.06. The van der Waals surface area contributed by atoms with E-state index in [9.17, 15) is 0 Å². The Bertz CT molecular complexity index is 554. The molecule has 1 fully saturated rings. The zero-order chi connectivity index (χ0) is 13.2. The number of hydrogen-bond donors (Lipinski definition) is 1. The molecule has 19 heavy (non-hydrogen) atoms. The van der Waals surface area contributed by atoms with E-state index >= 15 is 0 Å². The van der Waals surface area contributed by atoms with Gasteiger partial charge >= 0.3 is 0 Å². The van der Waals surface area contributed by atoms with Crippen LogP contribution in [-0.4, -0.2) is 28.6 Å². The van der Waals surface area contributed by atoms with E-state index in [0.717, 1.165) is 36.8 Å². The first-order chi connectivity index (χ1) is 9.24. The van der Waals surface area contributed by atoms with E-state index in [4.69, 9.17) is 4.74 Å². The van der Waals surface area contributed by atoms with Crippen molar-refractivity contribution in [1.29, 1.82) is 0 Å². The smallest absolute Gasteiger partial charge is 0.194 e. The van der Waals surface area contributed by atoms with Gasteiger partial charge in [0, 0.05) is 24.2 Å².